The summed E-state index contributed by atoms with van der Waals surface area (Å²) in [6.07, 6.45) is 0.434. The number of amides is 1. The zero-order valence-corrected chi connectivity index (χ0v) is 15.9. The highest BCUT2D eigenvalue weighted by molar-refractivity contribution is 6.30. The second-order valence-electron chi connectivity index (χ2n) is 6.64. The van der Waals surface area contributed by atoms with E-state index in [1.54, 1.807) is 0 Å². The van der Waals surface area contributed by atoms with Crippen LogP contribution in [0.2, 0.25) is 0 Å². The van der Waals surface area contributed by atoms with Crippen molar-refractivity contribution in [3.63, 3.8) is 0 Å². The molecule has 0 saturated carbocycles. The van der Waals surface area contributed by atoms with Gasteiger partial charge in [0, 0.05) is 19.4 Å². The summed E-state index contributed by atoms with van der Waals surface area (Å²) in [5.74, 6) is -1.36. The SMILES string of the molecule is CC(=O)OCC[C@H]1[C@H](C(C)C)C(=O)N1C(Cl)C(=O)OCc1ccccc1. The molecule has 0 bridgehead atoms. The molecule has 142 valence electrons. The largest absolute Gasteiger partial charge is 0.466 e. The van der Waals surface area contributed by atoms with Crippen LogP contribution < -0.4 is 0 Å². The van der Waals surface area contributed by atoms with Gasteiger partial charge in [0.1, 0.15) is 6.61 Å². The monoisotopic (exact) mass is 381 g/mol. The number of ether oxygens (including phenoxy) is 2. The van der Waals surface area contributed by atoms with Gasteiger partial charge in [-0.1, -0.05) is 55.8 Å². The van der Waals surface area contributed by atoms with E-state index in [0.717, 1.165) is 5.56 Å². The predicted octanol–water partition coefficient (Wildman–Crippen LogP) is 2.73. The molecule has 0 aliphatic carbocycles. The Morgan fingerprint density at radius 2 is 1.85 bits per heavy atom. The fourth-order valence-electron chi connectivity index (χ4n) is 3.15. The van der Waals surface area contributed by atoms with Crippen LogP contribution in [0.4, 0.5) is 0 Å². The van der Waals surface area contributed by atoms with Crippen LogP contribution in [-0.2, 0) is 30.5 Å². The molecule has 26 heavy (non-hydrogen) atoms. The van der Waals surface area contributed by atoms with Gasteiger partial charge >= 0.3 is 11.9 Å². The van der Waals surface area contributed by atoms with E-state index in [4.69, 9.17) is 21.1 Å². The molecule has 1 aromatic carbocycles. The lowest BCUT2D eigenvalue weighted by atomic mass is 9.77. The molecule has 0 aromatic heterocycles. The number of hydrogen-bond acceptors (Lipinski definition) is 5. The topological polar surface area (TPSA) is 72.9 Å². The summed E-state index contributed by atoms with van der Waals surface area (Å²) >= 11 is 6.22. The van der Waals surface area contributed by atoms with Crippen LogP contribution in [0.15, 0.2) is 30.3 Å². The van der Waals surface area contributed by atoms with Crippen LogP contribution in [0.3, 0.4) is 0 Å². The molecule has 1 heterocycles. The first-order chi connectivity index (χ1) is 12.3. The number of alkyl halides is 1. The lowest BCUT2D eigenvalue weighted by molar-refractivity contribution is -0.172. The molecular formula is C19H24ClNO5. The molecule has 0 spiro atoms. The Labute approximate surface area is 158 Å². The van der Waals surface area contributed by atoms with Crippen LogP contribution in [0.25, 0.3) is 0 Å². The first-order valence-electron chi connectivity index (χ1n) is 8.63. The summed E-state index contributed by atoms with van der Waals surface area (Å²) in [6, 6.07) is 8.98. The van der Waals surface area contributed by atoms with Gasteiger partial charge in [0.15, 0.2) is 0 Å². The van der Waals surface area contributed by atoms with E-state index < -0.39 is 11.5 Å². The number of esters is 2. The second-order valence-corrected chi connectivity index (χ2v) is 7.05. The number of nitrogens with zero attached hydrogens (tertiary/aromatic N) is 1. The van der Waals surface area contributed by atoms with E-state index in [1.165, 1.54) is 11.8 Å². The minimum absolute atomic E-state index is 0.0939. The van der Waals surface area contributed by atoms with E-state index in [9.17, 15) is 14.4 Å². The van der Waals surface area contributed by atoms with Gasteiger partial charge < -0.3 is 14.4 Å². The predicted molar refractivity (Wildman–Crippen MR) is 96.1 cm³/mol. The van der Waals surface area contributed by atoms with E-state index in [2.05, 4.69) is 0 Å². The van der Waals surface area contributed by atoms with Crippen molar-refractivity contribution < 1.29 is 23.9 Å². The average Bonchev–Trinajstić information content (AvgIpc) is 2.59. The summed E-state index contributed by atoms with van der Waals surface area (Å²) in [6.45, 7) is 5.48. The van der Waals surface area contributed by atoms with E-state index in [-0.39, 0.29) is 43.0 Å². The first-order valence-corrected chi connectivity index (χ1v) is 9.06. The van der Waals surface area contributed by atoms with E-state index in [0.29, 0.717) is 6.42 Å². The molecular weight excluding hydrogens is 358 g/mol. The summed E-state index contributed by atoms with van der Waals surface area (Å²) in [4.78, 5) is 37.0. The number of hydrogen-bond donors (Lipinski definition) is 0. The van der Waals surface area contributed by atoms with E-state index >= 15 is 0 Å². The molecule has 6 nitrogen and oxygen atoms in total. The Morgan fingerprint density at radius 1 is 1.19 bits per heavy atom. The molecule has 1 unspecified atom stereocenters. The summed E-state index contributed by atoms with van der Waals surface area (Å²) in [7, 11) is 0. The molecule has 2 rings (SSSR count). The molecule has 1 fully saturated rings. The van der Waals surface area contributed by atoms with Crippen molar-refractivity contribution >= 4 is 29.4 Å². The molecule has 7 heteroatoms. The normalized spacial score (nSPS) is 20.5. The van der Waals surface area contributed by atoms with Gasteiger partial charge in [0.25, 0.3) is 0 Å². The maximum atomic E-state index is 12.5. The highest BCUT2D eigenvalue weighted by Crippen LogP contribution is 2.37. The van der Waals surface area contributed by atoms with Gasteiger partial charge in [-0.2, -0.15) is 0 Å². The lowest BCUT2D eigenvalue weighted by Gasteiger charge is -2.50. The number of halogens is 1. The molecule has 1 aromatic rings. The highest BCUT2D eigenvalue weighted by atomic mass is 35.5. The molecule has 3 atom stereocenters. The van der Waals surface area contributed by atoms with Crippen LogP contribution in [0, 0.1) is 11.8 Å². The Hall–Kier alpha value is -2.08. The van der Waals surface area contributed by atoms with E-state index in [1.807, 2.05) is 44.2 Å². The summed E-state index contributed by atoms with van der Waals surface area (Å²) < 4.78 is 10.2. The Kier molecular flexibility index (Phi) is 7.03. The zero-order chi connectivity index (χ0) is 19.3. The Balaban J connectivity index is 1.97. The van der Waals surface area contributed by atoms with Crippen molar-refractivity contribution in [2.45, 2.75) is 45.3 Å². The summed E-state index contributed by atoms with van der Waals surface area (Å²) in [5, 5.41) is 0. The van der Waals surface area contributed by atoms with Crippen molar-refractivity contribution in [2.24, 2.45) is 11.8 Å². The lowest BCUT2D eigenvalue weighted by Crippen LogP contribution is -2.66. The number of rotatable bonds is 8. The first kappa shape index (κ1) is 20.2. The van der Waals surface area contributed by atoms with Gasteiger partial charge in [-0.25, -0.2) is 4.79 Å². The fourth-order valence-corrected chi connectivity index (χ4v) is 3.46. The number of likely N-dealkylation sites (tertiary alicyclic amines) is 1. The molecule has 1 aliphatic heterocycles. The van der Waals surface area contributed by atoms with Crippen LogP contribution in [0.5, 0.6) is 0 Å². The molecule has 1 amide bonds. The average molecular weight is 382 g/mol. The second kappa shape index (κ2) is 9.03. The third-order valence-electron chi connectivity index (χ3n) is 4.41. The molecule has 1 saturated heterocycles. The maximum Gasteiger partial charge on any atom is 0.344 e. The highest BCUT2D eigenvalue weighted by Gasteiger charge is 2.52. The zero-order valence-electron chi connectivity index (χ0n) is 15.2. The van der Waals surface area contributed by atoms with Gasteiger partial charge in [0.05, 0.1) is 12.5 Å². The third-order valence-corrected chi connectivity index (χ3v) is 4.80. The minimum Gasteiger partial charge on any atom is -0.466 e. The number of benzene rings is 1. The standard InChI is InChI=1S/C19H24ClNO5/c1-12(2)16-15(9-10-25-13(3)22)21(18(16)23)17(20)19(24)26-11-14-7-5-4-6-8-14/h4-8,12,15-17H,9-11H2,1-3H3/t15-,16-,17?/m0/s1. The van der Waals surface area contributed by atoms with Crippen molar-refractivity contribution in [1.82, 2.24) is 4.90 Å². The van der Waals surface area contributed by atoms with Crippen LogP contribution >= 0.6 is 11.6 Å². The summed E-state index contributed by atoms with van der Waals surface area (Å²) in [5.41, 5.74) is -0.352. The van der Waals surface area contributed by atoms with Crippen molar-refractivity contribution in [3.8, 4) is 0 Å². The Bertz CT molecular complexity index is 649. The third kappa shape index (κ3) is 4.75. The van der Waals surface area contributed by atoms with Crippen LogP contribution in [-0.4, -0.2) is 40.9 Å². The minimum atomic E-state index is -1.19. The smallest absolute Gasteiger partial charge is 0.344 e. The van der Waals surface area contributed by atoms with Gasteiger partial charge in [-0.15, -0.1) is 0 Å². The number of carbonyl (C=O) groups excluding carboxylic acids is 3. The van der Waals surface area contributed by atoms with Crippen molar-refractivity contribution in [1.29, 1.82) is 0 Å². The van der Waals surface area contributed by atoms with Gasteiger partial charge in [0.2, 0.25) is 11.4 Å². The maximum absolute atomic E-state index is 12.5. The van der Waals surface area contributed by atoms with Crippen LogP contribution in [0.1, 0.15) is 32.8 Å². The fraction of sp³-hybridized carbons (Fsp3) is 0.526. The number of carbonyl (C=O) groups is 3. The molecule has 1 aliphatic rings. The number of β-lactam (4-membered cyclic amide) rings is 1. The van der Waals surface area contributed by atoms with Crippen molar-refractivity contribution in [2.75, 3.05) is 6.61 Å². The van der Waals surface area contributed by atoms with Gasteiger partial charge in [-0.3, -0.25) is 9.59 Å². The van der Waals surface area contributed by atoms with Crippen molar-refractivity contribution in [3.05, 3.63) is 35.9 Å². The molecule has 0 N–H and O–H groups in total. The Morgan fingerprint density at radius 3 is 2.42 bits per heavy atom. The quantitative estimate of drug-likeness (QED) is 0.299. The van der Waals surface area contributed by atoms with Gasteiger partial charge in [-0.05, 0) is 11.5 Å². The molecule has 0 radical (unpaired) electrons.